The number of nitrogens with two attached hydrogens (primary N) is 1. The van der Waals surface area contributed by atoms with Crippen molar-refractivity contribution in [2.45, 2.75) is 30.7 Å². The second kappa shape index (κ2) is 7.28. The van der Waals surface area contributed by atoms with Crippen molar-refractivity contribution in [3.05, 3.63) is 54.1 Å². The van der Waals surface area contributed by atoms with E-state index in [0.29, 0.717) is 40.1 Å². The number of rotatable bonds is 6. The molecule has 4 aromatic rings. The van der Waals surface area contributed by atoms with E-state index in [9.17, 15) is 0 Å². The second-order valence-corrected chi connectivity index (χ2v) is 7.17. The Morgan fingerprint density at radius 1 is 1.15 bits per heavy atom. The lowest BCUT2D eigenvalue weighted by Crippen LogP contribution is -2.11. The SMILES string of the molecule is CC(C)c1ccc(-c2noc(CSc3nnc(-c4ccco4)n3N)n2)cc1. The molecule has 3 aromatic heterocycles. The predicted octanol–water partition coefficient (Wildman–Crippen LogP) is 3.72. The molecule has 0 unspecified atom stereocenters. The highest BCUT2D eigenvalue weighted by Crippen LogP contribution is 2.25. The van der Waals surface area contributed by atoms with Gasteiger partial charge in [-0.1, -0.05) is 55.0 Å². The van der Waals surface area contributed by atoms with Crippen molar-refractivity contribution in [2.75, 3.05) is 5.84 Å². The maximum atomic E-state index is 6.04. The number of benzene rings is 1. The van der Waals surface area contributed by atoms with Crippen LogP contribution in [0, 0.1) is 0 Å². The highest BCUT2D eigenvalue weighted by Gasteiger charge is 2.16. The second-order valence-electron chi connectivity index (χ2n) is 6.23. The number of aromatic nitrogens is 5. The average molecular weight is 382 g/mol. The molecule has 0 aliphatic carbocycles. The van der Waals surface area contributed by atoms with Crippen molar-refractivity contribution >= 4 is 11.8 Å². The zero-order valence-electron chi connectivity index (χ0n) is 14.9. The van der Waals surface area contributed by atoms with E-state index >= 15 is 0 Å². The van der Waals surface area contributed by atoms with E-state index in [1.54, 1.807) is 18.4 Å². The Morgan fingerprint density at radius 2 is 1.96 bits per heavy atom. The van der Waals surface area contributed by atoms with E-state index in [1.807, 2.05) is 12.1 Å². The molecule has 0 radical (unpaired) electrons. The summed E-state index contributed by atoms with van der Waals surface area (Å²) in [6.07, 6.45) is 1.56. The van der Waals surface area contributed by atoms with Crippen LogP contribution in [-0.4, -0.2) is 25.0 Å². The minimum absolute atomic E-state index is 0.435. The third-order valence-electron chi connectivity index (χ3n) is 4.03. The summed E-state index contributed by atoms with van der Waals surface area (Å²) < 4.78 is 12.0. The molecular formula is C18H18N6O2S. The van der Waals surface area contributed by atoms with Crippen LogP contribution < -0.4 is 5.84 Å². The first-order valence-corrected chi connectivity index (χ1v) is 9.40. The first-order valence-electron chi connectivity index (χ1n) is 8.42. The van der Waals surface area contributed by atoms with Gasteiger partial charge in [-0.25, -0.2) is 4.68 Å². The molecule has 3 heterocycles. The van der Waals surface area contributed by atoms with E-state index in [-0.39, 0.29) is 0 Å². The van der Waals surface area contributed by atoms with Crippen LogP contribution in [0.15, 0.2) is 56.8 Å². The highest BCUT2D eigenvalue weighted by atomic mass is 32.2. The first-order chi connectivity index (χ1) is 13.1. The number of hydrogen-bond donors (Lipinski definition) is 1. The Balaban J connectivity index is 1.44. The summed E-state index contributed by atoms with van der Waals surface area (Å²) in [7, 11) is 0. The molecule has 0 saturated carbocycles. The van der Waals surface area contributed by atoms with Crippen LogP contribution in [0.25, 0.3) is 23.0 Å². The van der Waals surface area contributed by atoms with Gasteiger partial charge in [-0.3, -0.25) is 0 Å². The monoisotopic (exact) mass is 382 g/mol. The summed E-state index contributed by atoms with van der Waals surface area (Å²) in [5.74, 6) is 9.02. The first kappa shape index (κ1) is 17.3. The molecule has 8 nitrogen and oxygen atoms in total. The molecule has 9 heteroatoms. The number of hydrogen-bond acceptors (Lipinski definition) is 8. The maximum absolute atomic E-state index is 6.04. The van der Waals surface area contributed by atoms with Crippen molar-refractivity contribution in [2.24, 2.45) is 0 Å². The molecule has 0 fully saturated rings. The van der Waals surface area contributed by atoms with E-state index in [2.05, 4.69) is 46.3 Å². The molecule has 4 rings (SSSR count). The van der Waals surface area contributed by atoms with Crippen LogP contribution in [0.1, 0.15) is 31.2 Å². The van der Waals surface area contributed by atoms with Crippen molar-refractivity contribution in [3.8, 4) is 23.0 Å². The lowest BCUT2D eigenvalue weighted by atomic mass is 10.0. The molecule has 0 bridgehead atoms. The summed E-state index contributed by atoms with van der Waals surface area (Å²) in [5, 5.41) is 12.7. The molecule has 0 saturated heterocycles. The third-order valence-corrected chi connectivity index (χ3v) is 4.96. The van der Waals surface area contributed by atoms with Crippen molar-refractivity contribution in [1.29, 1.82) is 0 Å². The van der Waals surface area contributed by atoms with E-state index in [4.69, 9.17) is 14.8 Å². The summed E-state index contributed by atoms with van der Waals surface area (Å²) in [6, 6.07) is 11.7. The molecule has 0 aliphatic heterocycles. The molecule has 138 valence electrons. The van der Waals surface area contributed by atoms with E-state index < -0.39 is 0 Å². The van der Waals surface area contributed by atoms with Gasteiger partial charge < -0.3 is 14.8 Å². The zero-order valence-corrected chi connectivity index (χ0v) is 15.7. The molecule has 2 N–H and O–H groups in total. The van der Waals surface area contributed by atoms with Gasteiger partial charge >= 0.3 is 0 Å². The standard InChI is InChI=1S/C18H18N6O2S/c1-11(2)12-5-7-13(8-6-12)16-20-15(26-23-16)10-27-18-22-21-17(24(18)19)14-4-3-9-25-14/h3-9,11H,10,19H2,1-2H3. The van der Waals surface area contributed by atoms with Crippen molar-refractivity contribution in [1.82, 2.24) is 25.0 Å². The van der Waals surface area contributed by atoms with Crippen LogP contribution in [0.2, 0.25) is 0 Å². The molecule has 0 atom stereocenters. The fraction of sp³-hybridized carbons (Fsp3) is 0.222. The Kier molecular flexibility index (Phi) is 4.68. The zero-order chi connectivity index (χ0) is 18.8. The van der Waals surface area contributed by atoms with Gasteiger partial charge in [0.1, 0.15) is 0 Å². The molecule has 0 amide bonds. The minimum atomic E-state index is 0.435. The Labute approximate surface area is 159 Å². The average Bonchev–Trinajstić information content (AvgIpc) is 3.41. The van der Waals surface area contributed by atoms with Crippen LogP contribution in [-0.2, 0) is 5.75 Å². The lowest BCUT2D eigenvalue weighted by Gasteiger charge is -2.04. The number of nitrogens with zero attached hydrogens (tertiary/aromatic N) is 5. The fourth-order valence-electron chi connectivity index (χ4n) is 2.52. The molecule has 0 spiro atoms. The van der Waals surface area contributed by atoms with Gasteiger partial charge in [-0.05, 0) is 23.6 Å². The lowest BCUT2D eigenvalue weighted by molar-refractivity contribution is 0.391. The maximum Gasteiger partial charge on any atom is 0.237 e. The van der Waals surface area contributed by atoms with Crippen LogP contribution >= 0.6 is 11.8 Å². The quantitative estimate of drug-likeness (QED) is 0.397. The molecular weight excluding hydrogens is 364 g/mol. The van der Waals surface area contributed by atoms with Crippen LogP contribution in [0.4, 0.5) is 0 Å². The Hall–Kier alpha value is -3.07. The van der Waals surface area contributed by atoms with Gasteiger partial charge in [0.15, 0.2) is 5.76 Å². The Bertz CT molecular complexity index is 1020. The van der Waals surface area contributed by atoms with Crippen molar-refractivity contribution in [3.63, 3.8) is 0 Å². The predicted molar refractivity (Wildman–Crippen MR) is 101 cm³/mol. The molecule has 1 aromatic carbocycles. The largest absolute Gasteiger partial charge is 0.461 e. The van der Waals surface area contributed by atoms with Gasteiger partial charge in [0, 0.05) is 5.56 Å². The summed E-state index contributed by atoms with van der Waals surface area (Å²) >= 11 is 1.36. The van der Waals surface area contributed by atoms with Crippen LogP contribution in [0.5, 0.6) is 0 Å². The van der Waals surface area contributed by atoms with Crippen LogP contribution in [0.3, 0.4) is 0 Å². The summed E-state index contributed by atoms with van der Waals surface area (Å²) in [5.41, 5.74) is 2.19. The highest BCUT2D eigenvalue weighted by molar-refractivity contribution is 7.98. The smallest absolute Gasteiger partial charge is 0.237 e. The van der Waals surface area contributed by atoms with Gasteiger partial charge in [-0.2, -0.15) is 4.98 Å². The number of furan rings is 1. The van der Waals surface area contributed by atoms with Gasteiger partial charge in [-0.15, -0.1) is 10.2 Å². The van der Waals surface area contributed by atoms with Gasteiger partial charge in [0.2, 0.25) is 22.7 Å². The summed E-state index contributed by atoms with van der Waals surface area (Å²) in [4.78, 5) is 4.44. The van der Waals surface area contributed by atoms with E-state index in [0.717, 1.165) is 5.56 Å². The fourth-order valence-corrected chi connectivity index (χ4v) is 3.22. The number of thioether (sulfide) groups is 1. The minimum Gasteiger partial charge on any atom is -0.461 e. The normalized spacial score (nSPS) is 11.4. The molecule has 0 aliphatic rings. The summed E-state index contributed by atoms with van der Waals surface area (Å²) in [6.45, 7) is 4.32. The van der Waals surface area contributed by atoms with Crippen molar-refractivity contribution < 1.29 is 8.94 Å². The van der Waals surface area contributed by atoms with Gasteiger partial charge in [0.05, 0.1) is 12.0 Å². The topological polar surface area (TPSA) is 109 Å². The number of nitrogen functional groups attached to an aromatic ring is 1. The molecule has 27 heavy (non-hydrogen) atoms. The van der Waals surface area contributed by atoms with Gasteiger partial charge in [0.25, 0.3) is 0 Å². The third kappa shape index (κ3) is 3.59. The van der Waals surface area contributed by atoms with E-state index in [1.165, 1.54) is 22.0 Å². The Morgan fingerprint density at radius 3 is 2.67 bits per heavy atom.